The molecule has 0 unspecified atom stereocenters. The normalized spacial score (nSPS) is 10.6. The molecular weight excluding hydrogens is 260 g/mol. The summed E-state index contributed by atoms with van der Waals surface area (Å²) in [5.41, 5.74) is 3.97. The molecule has 0 aliphatic carbocycles. The molecule has 0 bridgehead atoms. The highest BCUT2D eigenvalue weighted by Gasteiger charge is 2.12. The minimum Gasteiger partial charge on any atom is -0.461 e. The predicted octanol–water partition coefficient (Wildman–Crippen LogP) is 5.12. The van der Waals surface area contributed by atoms with Crippen molar-refractivity contribution in [2.75, 3.05) is 0 Å². The number of benzene rings is 2. The van der Waals surface area contributed by atoms with E-state index < -0.39 is 0 Å². The minimum atomic E-state index is 0.0309. The van der Waals surface area contributed by atoms with E-state index in [4.69, 9.17) is 4.42 Å². The van der Waals surface area contributed by atoms with E-state index in [9.17, 15) is 4.79 Å². The summed E-state index contributed by atoms with van der Waals surface area (Å²) in [6.45, 7) is 3.37. The molecule has 0 saturated carbocycles. The van der Waals surface area contributed by atoms with Crippen LogP contribution < -0.4 is 0 Å². The van der Waals surface area contributed by atoms with Crippen LogP contribution in [0, 0.1) is 6.92 Å². The monoisotopic (exact) mass is 276 g/mol. The SMILES string of the molecule is CC(=O)c1cc(-c2ccc(-c3ccccc3)cc2)oc1C. The van der Waals surface area contributed by atoms with Gasteiger partial charge in [-0.25, -0.2) is 0 Å². The lowest BCUT2D eigenvalue weighted by Gasteiger charge is -2.02. The largest absolute Gasteiger partial charge is 0.461 e. The number of aryl methyl sites for hydroxylation is 1. The van der Waals surface area contributed by atoms with Gasteiger partial charge in [0, 0.05) is 5.56 Å². The van der Waals surface area contributed by atoms with E-state index in [0.29, 0.717) is 11.3 Å². The van der Waals surface area contributed by atoms with Crippen molar-refractivity contribution in [1.82, 2.24) is 0 Å². The van der Waals surface area contributed by atoms with Gasteiger partial charge in [0.05, 0.1) is 5.56 Å². The van der Waals surface area contributed by atoms with Gasteiger partial charge in [-0.1, -0.05) is 54.6 Å². The first kappa shape index (κ1) is 13.4. The van der Waals surface area contributed by atoms with Crippen molar-refractivity contribution in [3.63, 3.8) is 0 Å². The van der Waals surface area contributed by atoms with Crippen molar-refractivity contribution >= 4 is 5.78 Å². The molecule has 0 aliphatic heterocycles. The molecular formula is C19H16O2. The summed E-state index contributed by atoms with van der Waals surface area (Å²) < 4.78 is 5.69. The molecule has 2 nitrogen and oxygen atoms in total. The molecule has 0 radical (unpaired) electrons. The second-order valence-corrected chi connectivity index (χ2v) is 5.08. The molecule has 0 N–H and O–H groups in total. The molecule has 2 heteroatoms. The fourth-order valence-electron chi connectivity index (χ4n) is 2.43. The molecule has 21 heavy (non-hydrogen) atoms. The summed E-state index contributed by atoms with van der Waals surface area (Å²) in [4.78, 5) is 11.5. The van der Waals surface area contributed by atoms with E-state index >= 15 is 0 Å². The summed E-state index contributed by atoms with van der Waals surface area (Å²) >= 11 is 0. The lowest BCUT2D eigenvalue weighted by Crippen LogP contribution is -1.90. The summed E-state index contributed by atoms with van der Waals surface area (Å²) in [7, 11) is 0. The zero-order valence-electron chi connectivity index (χ0n) is 12.1. The lowest BCUT2D eigenvalue weighted by molar-refractivity contribution is 0.101. The van der Waals surface area contributed by atoms with Gasteiger partial charge in [-0.2, -0.15) is 0 Å². The molecule has 1 heterocycles. The quantitative estimate of drug-likeness (QED) is 0.621. The highest BCUT2D eigenvalue weighted by Crippen LogP contribution is 2.28. The maximum Gasteiger partial charge on any atom is 0.163 e. The summed E-state index contributed by atoms with van der Waals surface area (Å²) in [6, 6.07) is 20.2. The van der Waals surface area contributed by atoms with E-state index in [1.54, 1.807) is 6.92 Å². The van der Waals surface area contributed by atoms with Crippen LogP contribution in [-0.4, -0.2) is 5.78 Å². The Hall–Kier alpha value is -2.61. The van der Waals surface area contributed by atoms with E-state index in [2.05, 4.69) is 24.3 Å². The van der Waals surface area contributed by atoms with Gasteiger partial charge in [0.15, 0.2) is 5.78 Å². The van der Waals surface area contributed by atoms with Crippen LogP contribution in [0.1, 0.15) is 23.0 Å². The third-order valence-corrected chi connectivity index (χ3v) is 3.57. The van der Waals surface area contributed by atoms with Crippen molar-refractivity contribution in [2.45, 2.75) is 13.8 Å². The van der Waals surface area contributed by atoms with Crippen molar-refractivity contribution in [3.05, 3.63) is 72.0 Å². The van der Waals surface area contributed by atoms with Crippen molar-refractivity contribution in [2.24, 2.45) is 0 Å². The number of carbonyl (C=O) groups is 1. The molecule has 0 amide bonds. The first-order valence-electron chi connectivity index (χ1n) is 6.92. The van der Waals surface area contributed by atoms with E-state index in [-0.39, 0.29) is 5.78 Å². The van der Waals surface area contributed by atoms with Crippen LogP contribution in [-0.2, 0) is 0 Å². The molecule has 0 fully saturated rings. The first-order valence-corrected chi connectivity index (χ1v) is 6.92. The van der Waals surface area contributed by atoms with Gasteiger partial charge in [-0.05, 0) is 31.0 Å². The van der Waals surface area contributed by atoms with E-state index in [1.165, 1.54) is 5.56 Å². The van der Waals surface area contributed by atoms with Crippen molar-refractivity contribution in [1.29, 1.82) is 0 Å². The van der Waals surface area contributed by atoms with Gasteiger partial charge in [0.1, 0.15) is 11.5 Å². The number of hydrogen-bond donors (Lipinski definition) is 0. The van der Waals surface area contributed by atoms with E-state index in [0.717, 1.165) is 16.9 Å². The van der Waals surface area contributed by atoms with Crippen LogP contribution in [0.15, 0.2) is 65.1 Å². The number of hydrogen-bond acceptors (Lipinski definition) is 2. The molecule has 3 rings (SSSR count). The summed E-state index contributed by atoms with van der Waals surface area (Å²) in [6.07, 6.45) is 0. The second kappa shape index (κ2) is 5.41. The molecule has 0 saturated heterocycles. The minimum absolute atomic E-state index is 0.0309. The first-order chi connectivity index (χ1) is 10.1. The number of furan rings is 1. The second-order valence-electron chi connectivity index (χ2n) is 5.08. The predicted molar refractivity (Wildman–Crippen MR) is 84.3 cm³/mol. The smallest absolute Gasteiger partial charge is 0.163 e. The van der Waals surface area contributed by atoms with Crippen LogP contribution in [0.25, 0.3) is 22.5 Å². The lowest BCUT2D eigenvalue weighted by atomic mass is 10.0. The molecule has 0 atom stereocenters. The average Bonchev–Trinajstić information content (AvgIpc) is 2.90. The standard InChI is InChI=1S/C19H16O2/c1-13(20)18-12-19(21-14(18)2)17-10-8-16(9-11-17)15-6-4-3-5-7-15/h3-12H,1-2H3. The van der Waals surface area contributed by atoms with E-state index in [1.807, 2.05) is 43.3 Å². The topological polar surface area (TPSA) is 30.2 Å². The third-order valence-electron chi connectivity index (χ3n) is 3.57. The number of carbonyl (C=O) groups excluding carboxylic acids is 1. The Bertz CT molecular complexity index is 765. The Morgan fingerprint density at radius 1 is 0.857 bits per heavy atom. The van der Waals surface area contributed by atoms with Gasteiger partial charge >= 0.3 is 0 Å². The number of rotatable bonds is 3. The molecule has 1 aromatic heterocycles. The maximum atomic E-state index is 11.5. The maximum absolute atomic E-state index is 11.5. The van der Waals surface area contributed by atoms with Crippen molar-refractivity contribution in [3.8, 4) is 22.5 Å². The van der Waals surface area contributed by atoms with Crippen LogP contribution >= 0.6 is 0 Å². The zero-order chi connectivity index (χ0) is 14.8. The van der Waals surface area contributed by atoms with Gasteiger partial charge in [0.2, 0.25) is 0 Å². The van der Waals surface area contributed by atoms with Gasteiger partial charge < -0.3 is 4.42 Å². The molecule has 3 aromatic rings. The average molecular weight is 276 g/mol. The Morgan fingerprint density at radius 2 is 1.43 bits per heavy atom. The molecule has 104 valence electrons. The van der Waals surface area contributed by atoms with Gasteiger partial charge in [0.25, 0.3) is 0 Å². The van der Waals surface area contributed by atoms with Gasteiger partial charge in [-0.3, -0.25) is 4.79 Å². The van der Waals surface area contributed by atoms with Crippen LogP contribution in [0.4, 0.5) is 0 Å². The fourth-order valence-corrected chi connectivity index (χ4v) is 2.43. The summed E-state index contributed by atoms with van der Waals surface area (Å²) in [5.74, 6) is 1.44. The third kappa shape index (κ3) is 2.65. The van der Waals surface area contributed by atoms with Gasteiger partial charge in [-0.15, -0.1) is 0 Å². The highest BCUT2D eigenvalue weighted by molar-refractivity contribution is 5.96. The van der Waals surface area contributed by atoms with Crippen LogP contribution in [0.5, 0.6) is 0 Å². The Morgan fingerprint density at radius 3 is 2.00 bits per heavy atom. The Balaban J connectivity index is 1.94. The van der Waals surface area contributed by atoms with Crippen molar-refractivity contribution < 1.29 is 9.21 Å². The van der Waals surface area contributed by atoms with Crippen LogP contribution in [0.3, 0.4) is 0 Å². The fraction of sp³-hybridized carbons (Fsp3) is 0.105. The summed E-state index contributed by atoms with van der Waals surface area (Å²) in [5, 5.41) is 0. The Labute approximate surface area is 124 Å². The highest BCUT2D eigenvalue weighted by atomic mass is 16.3. The van der Waals surface area contributed by atoms with Crippen LogP contribution in [0.2, 0.25) is 0 Å². The molecule has 0 spiro atoms. The zero-order valence-corrected chi connectivity index (χ0v) is 12.1. The molecule has 0 aliphatic rings. The number of ketones is 1. The number of Topliss-reactive ketones (excluding diaryl/α,β-unsaturated/α-hetero) is 1. The Kier molecular flexibility index (Phi) is 3.44. The molecule has 2 aromatic carbocycles.